The molecule has 0 bridgehead atoms. The first kappa shape index (κ1) is 13.0. The van der Waals surface area contributed by atoms with E-state index >= 15 is 0 Å². The van der Waals surface area contributed by atoms with Crippen LogP contribution in [0.15, 0.2) is 42.5 Å². The topological polar surface area (TPSA) is 35.8 Å². The van der Waals surface area contributed by atoms with Gasteiger partial charge in [-0.15, -0.1) is 0 Å². The summed E-state index contributed by atoms with van der Waals surface area (Å²) in [5, 5.41) is 13.4. The van der Waals surface area contributed by atoms with Gasteiger partial charge in [0.05, 0.1) is 6.07 Å². The number of halogens is 2. The molecule has 1 N–H and O–H groups in total. The summed E-state index contributed by atoms with van der Waals surface area (Å²) in [7, 11) is 0. The Labute approximate surface area is 121 Å². The van der Waals surface area contributed by atoms with Crippen LogP contribution in [0.4, 0.5) is 10.1 Å². The van der Waals surface area contributed by atoms with Crippen molar-refractivity contribution in [2.75, 3.05) is 5.32 Å². The third kappa shape index (κ3) is 2.35. The van der Waals surface area contributed by atoms with Crippen molar-refractivity contribution in [2.24, 2.45) is 0 Å². The monoisotopic (exact) mass is 286 g/mol. The molecule has 0 saturated heterocycles. The lowest BCUT2D eigenvalue weighted by molar-refractivity contribution is 0.616. The summed E-state index contributed by atoms with van der Waals surface area (Å²) in [6.07, 6.45) is 1.16. The molecule has 0 aliphatic heterocycles. The molecule has 20 heavy (non-hydrogen) atoms. The fourth-order valence-electron chi connectivity index (χ4n) is 2.68. The summed E-state index contributed by atoms with van der Waals surface area (Å²) in [5.41, 5.74) is 2.06. The predicted molar refractivity (Wildman–Crippen MR) is 77.2 cm³/mol. The van der Waals surface area contributed by atoms with E-state index in [1.54, 1.807) is 12.1 Å². The smallest absolute Gasteiger partial charge is 0.133 e. The third-order valence-corrected chi connectivity index (χ3v) is 3.81. The van der Waals surface area contributed by atoms with Crippen molar-refractivity contribution in [1.82, 2.24) is 0 Å². The lowest BCUT2D eigenvalue weighted by Crippen LogP contribution is -2.37. The molecule has 0 heterocycles. The number of fused-ring (bicyclic) bond motifs is 1. The molecular formula is C16H12ClFN2. The molecule has 3 rings (SSSR count). The highest BCUT2D eigenvalue weighted by Gasteiger charge is 2.37. The standard InChI is InChI=1S/C16H12ClFN2/c17-13-5-4-11-8-16(10-19,9-12(11)6-13)20-15-3-1-2-14(18)7-15/h1-7,20H,8-9H2. The normalized spacial score (nSPS) is 20.2. The van der Waals surface area contributed by atoms with E-state index < -0.39 is 5.54 Å². The molecule has 1 unspecified atom stereocenters. The summed E-state index contributed by atoms with van der Waals surface area (Å²) in [4.78, 5) is 0. The second-order valence-corrected chi connectivity index (χ2v) is 5.53. The molecule has 0 amide bonds. The van der Waals surface area contributed by atoms with E-state index in [-0.39, 0.29) is 5.82 Å². The van der Waals surface area contributed by atoms with Gasteiger partial charge in [-0.3, -0.25) is 0 Å². The zero-order chi connectivity index (χ0) is 14.2. The largest absolute Gasteiger partial charge is 0.367 e. The van der Waals surface area contributed by atoms with Crippen LogP contribution in [0, 0.1) is 17.1 Å². The van der Waals surface area contributed by atoms with Crippen LogP contribution in [-0.2, 0) is 12.8 Å². The molecule has 1 aliphatic carbocycles. The van der Waals surface area contributed by atoms with Gasteiger partial charge in [-0.05, 0) is 41.5 Å². The summed E-state index contributed by atoms with van der Waals surface area (Å²) >= 11 is 5.99. The molecule has 2 aromatic carbocycles. The van der Waals surface area contributed by atoms with Gasteiger partial charge in [-0.1, -0.05) is 23.7 Å². The lowest BCUT2D eigenvalue weighted by atomic mass is 9.97. The van der Waals surface area contributed by atoms with Crippen LogP contribution in [-0.4, -0.2) is 5.54 Å². The van der Waals surface area contributed by atoms with E-state index in [1.165, 1.54) is 12.1 Å². The number of nitriles is 1. The second kappa shape index (κ2) is 4.81. The van der Waals surface area contributed by atoms with Crippen LogP contribution >= 0.6 is 11.6 Å². The van der Waals surface area contributed by atoms with Crippen molar-refractivity contribution in [3.05, 3.63) is 64.4 Å². The highest BCUT2D eigenvalue weighted by Crippen LogP contribution is 2.34. The molecule has 4 heteroatoms. The number of nitrogens with zero attached hydrogens (tertiary/aromatic N) is 1. The molecule has 2 aromatic rings. The first-order valence-corrected chi connectivity index (χ1v) is 6.70. The highest BCUT2D eigenvalue weighted by molar-refractivity contribution is 6.30. The molecule has 0 radical (unpaired) electrons. The van der Waals surface area contributed by atoms with Crippen LogP contribution in [0.5, 0.6) is 0 Å². The molecule has 2 nitrogen and oxygen atoms in total. The maximum absolute atomic E-state index is 13.2. The van der Waals surface area contributed by atoms with Gasteiger partial charge in [0.25, 0.3) is 0 Å². The van der Waals surface area contributed by atoms with Gasteiger partial charge in [0, 0.05) is 23.6 Å². The Morgan fingerprint density at radius 3 is 2.70 bits per heavy atom. The molecule has 100 valence electrons. The molecule has 0 saturated carbocycles. The van der Waals surface area contributed by atoms with Crippen molar-refractivity contribution in [3.63, 3.8) is 0 Å². The Bertz CT molecular complexity index is 708. The molecular weight excluding hydrogens is 275 g/mol. The fourth-order valence-corrected chi connectivity index (χ4v) is 2.88. The number of anilines is 1. The van der Waals surface area contributed by atoms with Gasteiger partial charge in [0.15, 0.2) is 0 Å². The average molecular weight is 287 g/mol. The van der Waals surface area contributed by atoms with E-state index in [2.05, 4.69) is 11.4 Å². The van der Waals surface area contributed by atoms with E-state index in [0.717, 1.165) is 11.1 Å². The molecule has 1 aliphatic rings. The van der Waals surface area contributed by atoms with E-state index in [0.29, 0.717) is 23.6 Å². The quantitative estimate of drug-likeness (QED) is 0.907. The van der Waals surface area contributed by atoms with Crippen molar-refractivity contribution >= 4 is 17.3 Å². The lowest BCUT2D eigenvalue weighted by Gasteiger charge is -2.23. The number of hydrogen-bond donors (Lipinski definition) is 1. The van der Waals surface area contributed by atoms with Crippen molar-refractivity contribution in [1.29, 1.82) is 5.26 Å². The minimum Gasteiger partial charge on any atom is -0.367 e. The summed E-state index contributed by atoms with van der Waals surface area (Å²) in [6.45, 7) is 0. The van der Waals surface area contributed by atoms with Gasteiger partial charge < -0.3 is 5.32 Å². The number of benzene rings is 2. The Kier molecular flexibility index (Phi) is 3.11. The van der Waals surface area contributed by atoms with Gasteiger partial charge in [-0.25, -0.2) is 4.39 Å². The summed E-state index contributed by atoms with van der Waals surface area (Å²) < 4.78 is 13.2. The molecule has 0 fully saturated rings. The van der Waals surface area contributed by atoms with Gasteiger partial charge in [0.1, 0.15) is 11.4 Å². The Hall–Kier alpha value is -2.05. The van der Waals surface area contributed by atoms with E-state index in [9.17, 15) is 9.65 Å². The maximum atomic E-state index is 13.2. The molecule has 1 atom stereocenters. The maximum Gasteiger partial charge on any atom is 0.133 e. The van der Waals surface area contributed by atoms with E-state index in [1.807, 2.05) is 18.2 Å². The average Bonchev–Trinajstić information content (AvgIpc) is 2.76. The van der Waals surface area contributed by atoms with Crippen molar-refractivity contribution in [2.45, 2.75) is 18.4 Å². The van der Waals surface area contributed by atoms with Crippen LogP contribution in [0.2, 0.25) is 5.02 Å². The van der Waals surface area contributed by atoms with Crippen LogP contribution < -0.4 is 5.32 Å². The first-order valence-electron chi connectivity index (χ1n) is 6.33. The SMILES string of the molecule is N#CC1(Nc2cccc(F)c2)Cc2ccc(Cl)cc2C1. The van der Waals surface area contributed by atoms with Crippen molar-refractivity contribution in [3.8, 4) is 6.07 Å². The second-order valence-electron chi connectivity index (χ2n) is 5.10. The van der Waals surface area contributed by atoms with E-state index in [4.69, 9.17) is 11.6 Å². The van der Waals surface area contributed by atoms with Crippen LogP contribution in [0.25, 0.3) is 0 Å². The third-order valence-electron chi connectivity index (χ3n) is 3.58. The number of hydrogen-bond acceptors (Lipinski definition) is 2. The van der Waals surface area contributed by atoms with Crippen molar-refractivity contribution < 1.29 is 4.39 Å². The molecule has 0 aromatic heterocycles. The Morgan fingerprint density at radius 2 is 1.95 bits per heavy atom. The number of nitrogens with one attached hydrogen (secondary N) is 1. The zero-order valence-corrected chi connectivity index (χ0v) is 11.4. The van der Waals surface area contributed by atoms with Crippen LogP contribution in [0.3, 0.4) is 0 Å². The fraction of sp³-hybridized carbons (Fsp3) is 0.188. The van der Waals surface area contributed by atoms with Gasteiger partial charge in [0.2, 0.25) is 0 Å². The summed E-state index contributed by atoms with van der Waals surface area (Å²) in [5.74, 6) is -0.318. The predicted octanol–water partition coefficient (Wildman–Crippen LogP) is 3.95. The summed E-state index contributed by atoms with van der Waals surface area (Å²) in [6, 6.07) is 14.2. The van der Waals surface area contributed by atoms with Crippen LogP contribution in [0.1, 0.15) is 11.1 Å². The zero-order valence-electron chi connectivity index (χ0n) is 10.7. The first-order chi connectivity index (χ1) is 9.60. The highest BCUT2D eigenvalue weighted by atomic mass is 35.5. The minimum atomic E-state index is -0.735. The van der Waals surface area contributed by atoms with Gasteiger partial charge >= 0.3 is 0 Å². The molecule has 0 spiro atoms. The minimum absolute atomic E-state index is 0.318. The Balaban J connectivity index is 1.90. The number of rotatable bonds is 2. The van der Waals surface area contributed by atoms with Gasteiger partial charge in [-0.2, -0.15) is 5.26 Å². The Morgan fingerprint density at radius 1 is 1.15 bits per heavy atom.